The van der Waals surface area contributed by atoms with Gasteiger partial charge < -0.3 is 5.11 Å². The number of carboxylic acids is 1. The highest BCUT2D eigenvalue weighted by molar-refractivity contribution is 8.00. The van der Waals surface area contributed by atoms with Crippen LogP contribution in [-0.4, -0.2) is 34.2 Å². The zero-order valence-electron chi connectivity index (χ0n) is 10.5. The van der Waals surface area contributed by atoms with E-state index in [1.54, 1.807) is 0 Å². The lowest BCUT2D eigenvalue weighted by atomic mass is 10.2. The molecule has 2 nitrogen and oxygen atoms in total. The molecule has 1 unspecified atom stereocenters. The van der Waals surface area contributed by atoms with Crippen LogP contribution in [0.25, 0.3) is 0 Å². The minimum atomic E-state index is -5.54. The third-order valence-electron chi connectivity index (χ3n) is 2.46. The Morgan fingerprint density at radius 2 is 1.79 bits per heavy atom. The van der Waals surface area contributed by atoms with E-state index in [2.05, 4.69) is 0 Å². The fourth-order valence-electron chi connectivity index (χ4n) is 1.33. The molecular weight excluding hydrogens is 291 g/mol. The average molecular weight is 308 g/mol. The van der Waals surface area contributed by atoms with E-state index in [-0.39, 0.29) is 12.2 Å². The number of hydrogen-bond donors (Lipinski definition) is 1. The number of halogens is 5. The molecule has 0 rings (SSSR count). The summed E-state index contributed by atoms with van der Waals surface area (Å²) in [5, 5.41) is 8.10. The molecule has 0 bridgehead atoms. The van der Waals surface area contributed by atoms with Crippen molar-refractivity contribution in [1.29, 1.82) is 0 Å². The monoisotopic (exact) mass is 308 g/mol. The zero-order chi connectivity index (χ0) is 15.1. The Balaban J connectivity index is 4.04. The molecule has 0 heterocycles. The van der Waals surface area contributed by atoms with Gasteiger partial charge in [-0.25, -0.2) is 0 Å². The first kappa shape index (κ1) is 18.5. The predicted molar refractivity (Wildman–Crippen MR) is 63.6 cm³/mol. The molecule has 0 aliphatic rings. The summed E-state index contributed by atoms with van der Waals surface area (Å²) >= 11 is 0.921. The largest absolute Gasteiger partial charge is 0.480 e. The third kappa shape index (κ3) is 6.98. The maximum atomic E-state index is 12.6. The number of alkyl halides is 5. The molecule has 0 saturated heterocycles. The molecule has 0 aromatic rings. The van der Waals surface area contributed by atoms with Crippen molar-refractivity contribution in [3.05, 3.63) is 0 Å². The van der Waals surface area contributed by atoms with Crippen LogP contribution in [0.5, 0.6) is 0 Å². The molecule has 0 amide bonds. The van der Waals surface area contributed by atoms with Crippen LogP contribution in [0, 0.1) is 0 Å². The van der Waals surface area contributed by atoms with Gasteiger partial charge in [0, 0.05) is 6.42 Å². The molecule has 0 aliphatic carbocycles. The Kier molecular flexibility index (Phi) is 7.69. The fraction of sp³-hybridized carbons (Fsp3) is 0.909. The molecule has 1 atom stereocenters. The molecule has 114 valence electrons. The summed E-state index contributed by atoms with van der Waals surface area (Å²) in [4.78, 5) is 10.8. The van der Waals surface area contributed by atoms with Gasteiger partial charge >= 0.3 is 18.1 Å². The highest BCUT2D eigenvalue weighted by Crippen LogP contribution is 2.39. The minimum Gasteiger partial charge on any atom is -0.480 e. The summed E-state index contributed by atoms with van der Waals surface area (Å²) in [6.45, 7) is 1.88. The number of carboxylic acid groups (broad SMARTS) is 1. The second-order valence-electron chi connectivity index (χ2n) is 4.15. The summed E-state index contributed by atoms with van der Waals surface area (Å²) in [7, 11) is 0. The Hall–Kier alpha value is -0.530. The van der Waals surface area contributed by atoms with E-state index in [1.165, 1.54) is 0 Å². The first-order valence-electron chi connectivity index (χ1n) is 5.90. The van der Waals surface area contributed by atoms with Gasteiger partial charge in [-0.15, -0.1) is 11.8 Å². The molecule has 0 radical (unpaired) electrons. The third-order valence-corrected chi connectivity index (χ3v) is 3.83. The summed E-state index contributed by atoms with van der Waals surface area (Å²) in [5.74, 6) is -5.77. The van der Waals surface area contributed by atoms with Gasteiger partial charge in [-0.3, -0.25) is 4.79 Å². The van der Waals surface area contributed by atoms with Gasteiger partial charge in [0.2, 0.25) is 0 Å². The Bertz CT molecular complexity index is 281. The van der Waals surface area contributed by atoms with Crippen molar-refractivity contribution in [1.82, 2.24) is 0 Å². The van der Waals surface area contributed by atoms with Gasteiger partial charge in [-0.05, 0) is 18.6 Å². The van der Waals surface area contributed by atoms with E-state index in [1.807, 2.05) is 6.92 Å². The Morgan fingerprint density at radius 3 is 2.21 bits per heavy atom. The van der Waals surface area contributed by atoms with E-state index in [4.69, 9.17) is 5.11 Å². The van der Waals surface area contributed by atoms with Crippen LogP contribution < -0.4 is 0 Å². The topological polar surface area (TPSA) is 37.3 Å². The van der Waals surface area contributed by atoms with E-state index in [0.29, 0.717) is 12.8 Å². The second-order valence-corrected chi connectivity index (χ2v) is 5.46. The SMILES string of the molecule is CCCCC(SCCCC(F)(F)C(F)(F)F)C(=O)O. The molecule has 0 saturated carbocycles. The van der Waals surface area contributed by atoms with Crippen molar-refractivity contribution < 1.29 is 31.9 Å². The predicted octanol–water partition coefficient (Wildman–Crippen LogP) is 4.34. The van der Waals surface area contributed by atoms with Crippen molar-refractivity contribution in [2.24, 2.45) is 0 Å². The molecule has 0 aliphatic heterocycles. The van der Waals surface area contributed by atoms with Gasteiger partial charge in [-0.1, -0.05) is 19.8 Å². The van der Waals surface area contributed by atoms with Crippen molar-refractivity contribution in [3.63, 3.8) is 0 Å². The molecule has 8 heteroatoms. The van der Waals surface area contributed by atoms with Crippen LogP contribution >= 0.6 is 11.8 Å². The Morgan fingerprint density at radius 1 is 1.21 bits per heavy atom. The number of thioether (sulfide) groups is 1. The molecule has 1 N–H and O–H groups in total. The maximum absolute atomic E-state index is 12.6. The zero-order valence-corrected chi connectivity index (χ0v) is 11.3. The fourth-order valence-corrected chi connectivity index (χ4v) is 2.40. The minimum absolute atomic E-state index is 0.0215. The molecular formula is C11H17F5O2S. The van der Waals surface area contributed by atoms with Crippen molar-refractivity contribution in [2.75, 3.05) is 5.75 Å². The van der Waals surface area contributed by atoms with Crippen LogP contribution in [0.4, 0.5) is 22.0 Å². The van der Waals surface area contributed by atoms with Crippen LogP contribution in [-0.2, 0) is 4.79 Å². The van der Waals surface area contributed by atoms with Crippen LogP contribution in [0.3, 0.4) is 0 Å². The van der Waals surface area contributed by atoms with Crippen molar-refractivity contribution in [3.8, 4) is 0 Å². The molecule has 0 aromatic carbocycles. The smallest absolute Gasteiger partial charge is 0.453 e. The number of unbranched alkanes of at least 4 members (excludes halogenated alkanes) is 1. The second kappa shape index (κ2) is 7.91. The standard InChI is InChI=1S/C11H17F5O2S/c1-2-3-5-8(9(17)18)19-7-4-6-10(12,13)11(14,15)16/h8H,2-7H2,1H3,(H,17,18). The van der Waals surface area contributed by atoms with Gasteiger partial charge in [-0.2, -0.15) is 22.0 Å². The van der Waals surface area contributed by atoms with Crippen LogP contribution in [0.2, 0.25) is 0 Å². The van der Waals surface area contributed by atoms with Crippen molar-refractivity contribution in [2.45, 2.75) is 56.4 Å². The Labute approximate surface area is 112 Å². The lowest BCUT2D eigenvalue weighted by molar-refractivity contribution is -0.284. The van der Waals surface area contributed by atoms with E-state index in [0.717, 1.165) is 18.2 Å². The van der Waals surface area contributed by atoms with Crippen LogP contribution in [0.1, 0.15) is 39.0 Å². The van der Waals surface area contributed by atoms with Crippen molar-refractivity contribution >= 4 is 17.7 Å². The number of hydrogen-bond acceptors (Lipinski definition) is 2. The summed E-state index contributed by atoms with van der Waals surface area (Å²) in [6.07, 6.45) is -5.33. The summed E-state index contributed by atoms with van der Waals surface area (Å²) < 4.78 is 60.7. The maximum Gasteiger partial charge on any atom is 0.453 e. The highest BCUT2D eigenvalue weighted by atomic mass is 32.2. The quantitative estimate of drug-likeness (QED) is 0.508. The van der Waals surface area contributed by atoms with E-state index < -0.39 is 29.7 Å². The molecule has 0 spiro atoms. The van der Waals surface area contributed by atoms with Crippen LogP contribution in [0.15, 0.2) is 0 Å². The lowest BCUT2D eigenvalue weighted by Gasteiger charge is -2.19. The number of aliphatic carboxylic acids is 1. The first-order chi connectivity index (χ1) is 8.62. The molecule has 19 heavy (non-hydrogen) atoms. The van der Waals surface area contributed by atoms with E-state index >= 15 is 0 Å². The van der Waals surface area contributed by atoms with Gasteiger partial charge in [0.15, 0.2) is 0 Å². The van der Waals surface area contributed by atoms with Gasteiger partial charge in [0.05, 0.1) is 0 Å². The summed E-state index contributed by atoms with van der Waals surface area (Å²) in [6, 6.07) is 0. The number of carbonyl (C=O) groups is 1. The average Bonchev–Trinajstić information content (AvgIpc) is 2.25. The normalized spacial score (nSPS) is 14.4. The van der Waals surface area contributed by atoms with Gasteiger partial charge in [0.25, 0.3) is 0 Å². The van der Waals surface area contributed by atoms with Gasteiger partial charge in [0.1, 0.15) is 5.25 Å². The number of rotatable bonds is 9. The molecule has 0 aromatic heterocycles. The van der Waals surface area contributed by atoms with E-state index in [9.17, 15) is 26.7 Å². The summed E-state index contributed by atoms with van der Waals surface area (Å²) in [5.41, 5.74) is 0. The lowest BCUT2D eigenvalue weighted by Crippen LogP contribution is -2.36. The molecule has 0 fully saturated rings. The highest BCUT2D eigenvalue weighted by Gasteiger charge is 2.56. The first-order valence-corrected chi connectivity index (χ1v) is 6.95.